The van der Waals surface area contributed by atoms with E-state index in [1.54, 1.807) is 50.4 Å². The van der Waals surface area contributed by atoms with E-state index in [2.05, 4.69) is 5.32 Å². The molecule has 1 saturated carbocycles. The molecular formula is C30H33Cl2N3O5S. The second-order valence-corrected chi connectivity index (χ2v) is 12.7. The predicted molar refractivity (Wildman–Crippen MR) is 161 cm³/mol. The number of rotatable bonds is 11. The molecule has 0 aliphatic heterocycles. The minimum atomic E-state index is -4.22. The summed E-state index contributed by atoms with van der Waals surface area (Å²) in [5.74, 6) is -0.270. The van der Waals surface area contributed by atoms with Crippen molar-refractivity contribution in [3.8, 4) is 5.75 Å². The molecule has 1 atom stereocenters. The van der Waals surface area contributed by atoms with Gasteiger partial charge in [0.2, 0.25) is 11.8 Å². The van der Waals surface area contributed by atoms with Crippen LogP contribution in [-0.4, -0.2) is 50.9 Å². The van der Waals surface area contributed by atoms with Crippen LogP contribution < -0.4 is 14.4 Å². The molecule has 1 aliphatic rings. The van der Waals surface area contributed by atoms with Gasteiger partial charge in [0.1, 0.15) is 18.3 Å². The molecule has 11 heteroatoms. The first-order valence-electron chi connectivity index (χ1n) is 13.3. The maximum absolute atomic E-state index is 14.1. The maximum Gasteiger partial charge on any atom is 0.264 e. The van der Waals surface area contributed by atoms with Crippen molar-refractivity contribution in [1.29, 1.82) is 0 Å². The lowest BCUT2D eigenvalue weighted by molar-refractivity contribution is -0.139. The number of carbonyl (C=O) groups excluding carboxylic acids is 2. The number of hydrogen-bond donors (Lipinski definition) is 1. The van der Waals surface area contributed by atoms with Crippen LogP contribution in [0.4, 0.5) is 5.69 Å². The molecule has 3 aromatic carbocycles. The molecule has 0 aromatic heterocycles. The van der Waals surface area contributed by atoms with E-state index in [9.17, 15) is 18.0 Å². The number of hydrogen-bond acceptors (Lipinski definition) is 5. The van der Waals surface area contributed by atoms with Crippen molar-refractivity contribution in [2.45, 2.75) is 56.1 Å². The summed E-state index contributed by atoms with van der Waals surface area (Å²) in [6.07, 6.45) is 3.86. The second-order valence-electron chi connectivity index (χ2n) is 9.99. The zero-order valence-electron chi connectivity index (χ0n) is 22.9. The summed E-state index contributed by atoms with van der Waals surface area (Å²) in [5, 5.41) is 3.48. The first-order valence-corrected chi connectivity index (χ1v) is 15.5. The topological polar surface area (TPSA) is 96.0 Å². The fraction of sp³-hybridized carbons (Fsp3) is 0.333. The van der Waals surface area contributed by atoms with Crippen molar-refractivity contribution >= 4 is 50.7 Å². The SMILES string of the molecule is COc1cccc(CN(C(=O)CN(c2cc(Cl)cc(Cl)c2)S(=O)(=O)c2ccccc2)[C@@H](C)C(=O)NC2CCCC2)c1. The number of nitrogens with one attached hydrogen (secondary N) is 1. The van der Waals surface area contributed by atoms with Crippen molar-refractivity contribution in [2.24, 2.45) is 0 Å². The van der Waals surface area contributed by atoms with E-state index in [4.69, 9.17) is 27.9 Å². The van der Waals surface area contributed by atoms with Crippen LogP contribution in [0, 0.1) is 0 Å². The van der Waals surface area contributed by atoms with Gasteiger partial charge in [-0.25, -0.2) is 8.42 Å². The molecule has 0 unspecified atom stereocenters. The van der Waals surface area contributed by atoms with Gasteiger partial charge in [-0.1, -0.05) is 66.4 Å². The number of benzene rings is 3. The lowest BCUT2D eigenvalue weighted by Crippen LogP contribution is -2.52. The summed E-state index contributed by atoms with van der Waals surface area (Å²) in [6, 6.07) is 18.5. The molecule has 3 aromatic rings. The third-order valence-electron chi connectivity index (χ3n) is 7.10. The normalized spacial score (nSPS) is 14.3. The first-order chi connectivity index (χ1) is 19.6. The number of ether oxygens (including phenoxy) is 1. The summed E-state index contributed by atoms with van der Waals surface area (Å²) >= 11 is 12.5. The van der Waals surface area contributed by atoms with Gasteiger partial charge in [0, 0.05) is 22.6 Å². The molecule has 0 radical (unpaired) electrons. The third-order valence-corrected chi connectivity index (χ3v) is 9.33. The Bertz CT molecular complexity index is 1460. The van der Waals surface area contributed by atoms with E-state index in [1.165, 1.54) is 35.2 Å². The fourth-order valence-corrected chi connectivity index (χ4v) is 6.81. The molecule has 2 amide bonds. The number of anilines is 1. The zero-order chi connectivity index (χ0) is 29.6. The second kappa shape index (κ2) is 13.6. The predicted octanol–water partition coefficient (Wildman–Crippen LogP) is 5.67. The third kappa shape index (κ3) is 7.72. The minimum absolute atomic E-state index is 0.00438. The quantitative estimate of drug-likeness (QED) is 0.299. The largest absolute Gasteiger partial charge is 0.497 e. The van der Waals surface area contributed by atoms with Gasteiger partial charge < -0.3 is 15.0 Å². The minimum Gasteiger partial charge on any atom is -0.497 e. The average Bonchev–Trinajstić information content (AvgIpc) is 3.47. The first kappa shape index (κ1) is 30.7. The van der Waals surface area contributed by atoms with Crippen LogP contribution in [0.2, 0.25) is 10.0 Å². The Labute approximate surface area is 251 Å². The highest BCUT2D eigenvalue weighted by Gasteiger charge is 2.33. The molecule has 0 spiro atoms. The molecule has 41 heavy (non-hydrogen) atoms. The van der Waals surface area contributed by atoms with Gasteiger partial charge in [-0.05, 0) is 67.8 Å². The van der Waals surface area contributed by atoms with E-state index in [-0.39, 0.29) is 39.1 Å². The highest BCUT2D eigenvalue weighted by atomic mass is 35.5. The Morgan fingerprint density at radius 3 is 2.27 bits per heavy atom. The van der Waals surface area contributed by atoms with Gasteiger partial charge in [0.25, 0.3) is 10.0 Å². The van der Waals surface area contributed by atoms with Crippen LogP contribution in [0.1, 0.15) is 38.2 Å². The van der Waals surface area contributed by atoms with E-state index in [0.29, 0.717) is 5.75 Å². The fourth-order valence-electron chi connectivity index (χ4n) is 4.87. The Balaban J connectivity index is 1.71. The van der Waals surface area contributed by atoms with Crippen LogP contribution in [0.3, 0.4) is 0 Å². The van der Waals surface area contributed by atoms with Crippen molar-refractivity contribution in [3.05, 3.63) is 88.4 Å². The van der Waals surface area contributed by atoms with Crippen LogP contribution in [-0.2, 0) is 26.2 Å². The maximum atomic E-state index is 14.1. The highest BCUT2D eigenvalue weighted by Crippen LogP contribution is 2.30. The van der Waals surface area contributed by atoms with Crippen LogP contribution in [0.5, 0.6) is 5.75 Å². The van der Waals surface area contributed by atoms with Crippen LogP contribution in [0.25, 0.3) is 0 Å². The van der Waals surface area contributed by atoms with E-state index in [0.717, 1.165) is 35.6 Å². The van der Waals surface area contributed by atoms with Gasteiger partial charge in [-0.15, -0.1) is 0 Å². The van der Waals surface area contributed by atoms with Gasteiger partial charge in [0.05, 0.1) is 17.7 Å². The van der Waals surface area contributed by atoms with Crippen molar-refractivity contribution < 1.29 is 22.7 Å². The molecule has 1 fully saturated rings. The standard InChI is InChI=1S/C30H33Cl2N3O5S/c1-21(30(37)33-25-10-6-7-11-25)34(19-22-9-8-12-27(15-22)40-2)29(36)20-35(26-17-23(31)16-24(32)18-26)41(38,39)28-13-4-3-5-14-28/h3-5,8-9,12-18,21,25H,6-7,10-11,19-20H2,1-2H3,(H,33,37)/t21-/m0/s1. The van der Waals surface area contributed by atoms with E-state index >= 15 is 0 Å². The molecule has 4 rings (SSSR count). The summed E-state index contributed by atoms with van der Waals surface area (Å²) in [5.41, 5.74) is 0.852. The van der Waals surface area contributed by atoms with Crippen molar-refractivity contribution in [3.63, 3.8) is 0 Å². The molecule has 1 N–H and O–H groups in total. The van der Waals surface area contributed by atoms with Gasteiger partial charge in [-0.3, -0.25) is 13.9 Å². The Morgan fingerprint density at radius 2 is 1.63 bits per heavy atom. The van der Waals surface area contributed by atoms with Gasteiger partial charge >= 0.3 is 0 Å². The summed E-state index contributed by atoms with van der Waals surface area (Å²) in [7, 11) is -2.67. The monoisotopic (exact) mass is 617 g/mol. The summed E-state index contributed by atoms with van der Waals surface area (Å²) in [6.45, 7) is 1.12. The zero-order valence-corrected chi connectivity index (χ0v) is 25.3. The number of halogens is 2. The summed E-state index contributed by atoms with van der Waals surface area (Å²) < 4.78 is 34.0. The molecule has 218 valence electrons. The Hall–Kier alpha value is -3.27. The number of methoxy groups -OCH3 is 1. The molecule has 1 aliphatic carbocycles. The highest BCUT2D eigenvalue weighted by molar-refractivity contribution is 7.92. The van der Waals surface area contributed by atoms with Crippen molar-refractivity contribution in [1.82, 2.24) is 10.2 Å². The molecular weight excluding hydrogens is 585 g/mol. The van der Waals surface area contributed by atoms with E-state index in [1.807, 2.05) is 6.07 Å². The Morgan fingerprint density at radius 1 is 0.976 bits per heavy atom. The molecule has 0 heterocycles. The number of amides is 2. The molecule has 8 nitrogen and oxygen atoms in total. The Kier molecular flexibility index (Phi) is 10.2. The van der Waals surface area contributed by atoms with Crippen molar-refractivity contribution in [2.75, 3.05) is 18.0 Å². The number of carbonyl (C=O) groups is 2. The smallest absolute Gasteiger partial charge is 0.264 e. The number of nitrogens with zero attached hydrogens (tertiary/aromatic N) is 2. The lowest BCUT2D eigenvalue weighted by atomic mass is 10.1. The number of sulfonamides is 1. The molecule has 0 bridgehead atoms. The molecule has 0 saturated heterocycles. The average molecular weight is 619 g/mol. The lowest BCUT2D eigenvalue weighted by Gasteiger charge is -2.32. The van der Waals surface area contributed by atoms with Crippen LogP contribution in [0.15, 0.2) is 77.7 Å². The van der Waals surface area contributed by atoms with Crippen LogP contribution >= 0.6 is 23.2 Å². The van der Waals surface area contributed by atoms with E-state index < -0.39 is 28.5 Å². The summed E-state index contributed by atoms with van der Waals surface area (Å²) in [4.78, 5) is 28.8. The van der Waals surface area contributed by atoms with Gasteiger partial charge in [-0.2, -0.15) is 0 Å². The van der Waals surface area contributed by atoms with Gasteiger partial charge in [0.15, 0.2) is 0 Å².